The molecular formula is C34H40FN5O4. The largest absolute Gasteiger partial charge is 0.467 e. The second-order valence-electron chi connectivity index (χ2n) is 12.9. The Labute approximate surface area is 257 Å². The van der Waals surface area contributed by atoms with Crippen LogP contribution >= 0.6 is 0 Å². The highest BCUT2D eigenvalue weighted by Crippen LogP contribution is 2.40. The zero-order chi connectivity index (χ0) is 31.0. The third-order valence-corrected chi connectivity index (χ3v) is 8.50. The van der Waals surface area contributed by atoms with E-state index in [0.717, 1.165) is 46.1 Å². The van der Waals surface area contributed by atoms with Gasteiger partial charge in [-0.15, -0.1) is 0 Å². The van der Waals surface area contributed by atoms with Crippen molar-refractivity contribution in [1.82, 2.24) is 24.6 Å². The number of carbonyl (C=O) groups is 1. The Hall–Kier alpha value is -4.05. The van der Waals surface area contributed by atoms with Crippen LogP contribution < -0.4 is 4.74 Å². The Balaban J connectivity index is 1.20. The molecule has 2 aromatic carbocycles. The van der Waals surface area contributed by atoms with Gasteiger partial charge in [0.15, 0.2) is 5.82 Å². The molecule has 9 nitrogen and oxygen atoms in total. The van der Waals surface area contributed by atoms with Crippen LogP contribution in [0.1, 0.15) is 74.3 Å². The van der Waals surface area contributed by atoms with Gasteiger partial charge in [0.25, 0.3) is 0 Å². The van der Waals surface area contributed by atoms with E-state index in [9.17, 15) is 4.79 Å². The number of hydrogen-bond acceptors (Lipinski definition) is 7. The summed E-state index contributed by atoms with van der Waals surface area (Å²) in [6.07, 6.45) is 2.53. The number of ether oxygens (including phenoxy) is 3. The SMILES string of the molecule is COc1nc(C2CC(OCc3ccccc3)C2)cc(-n2ncc3cc(C)c(C4CCN(C(=O)OC(C)(C)C)CC4F)cc32)n1. The van der Waals surface area contributed by atoms with E-state index in [1.165, 1.54) is 4.90 Å². The lowest BCUT2D eigenvalue weighted by Gasteiger charge is -2.36. The maximum Gasteiger partial charge on any atom is 0.410 e. The van der Waals surface area contributed by atoms with Gasteiger partial charge >= 0.3 is 12.1 Å². The fourth-order valence-electron chi connectivity index (χ4n) is 6.10. The van der Waals surface area contributed by atoms with Crippen LogP contribution in [0.15, 0.2) is 54.7 Å². The highest BCUT2D eigenvalue weighted by molar-refractivity contribution is 5.82. The molecule has 2 fully saturated rings. The second kappa shape index (κ2) is 12.1. The molecule has 44 heavy (non-hydrogen) atoms. The summed E-state index contributed by atoms with van der Waals surface area (Å²) in [5.41, 5.74) is 4.16. The molecule has 6 rings (SSSR count). The van der Waals surface area contributed by atoms with Crippen LogP contribution in [0.2, 0.25) is 0 Å². The van der Waals surface area contributed by atoms with Crippen LogP contribution in [-0.4, -0.2) is 68.8 Å². The number of fused-ring (bicyclic) bond motifs is 1. The molecule has 2 unspecified atom stereocenters. The summed E-state index contributed by atoms with van der Waals surface area (Å²) in [4.78, 5) is 23.3. The van der Waals surface area contributed by atoms with Crippen molar-refractivity contribution in [3.05, 3.63) is 77.1 Å². The predicted octanol–water partition coefficient (Wildman–Crippen LogP) is 6.66. The number of aromatic nitrogens is 4. The maximum absolute atomic E-state index is 15.7. The molecule has 4 aromatic rings. The van der Waals surface area contributed by atoms with E-state index in [1.807, 2.05) is 64.1 Å². The van der Waals surface area contributed by atoms with Crippen LogP contribution in [0.4, 0.5) is 9.18 Å². The molecule has 0 bridgehead atoms. The summed E-state index contributed by atoms with van der Waals surface area (Å²) < 4.78 is 34.5. The molecule has 1 saturated carbocycles. The number of nitrogens with zero attached hydrogens (tertiary/aromatic N) is 5. The number of rotatable bonds is 7. The molecule has 1 saturated heterocycles. The fraction of sp³-hybridized carbons (Fsp3) is 0.471. The molecule has 0 N–H and O–H groups in total. The molecule has 0 radical (unpaired) electrons. The molecule has 3 heterocycles. The number of likely N-dealkylation sites (tertiary alicyclic amines) is 1. The minimum absolute atomic E-state index is 0.000232. The number of methoxy groups -OCH3 is 1. The van der Waals surface area contributed by atoms with E-state index in [-0.39, 0.29) is 30.5 Å². The lowest BCUT2D eigenvalue weighted by atomic mass is 9.80. The first-order chi connectivity index (χ1) is 21.1. The quantitative estimate of drug-likeness (QED) is 0.234. The highest BCUT2D eigenvalue weighted by atomic mass is 19.1. The average Bonchev–Trinajstić information content (AvgIpc) is 3.38. The van der Waals surface area contributed by atoms with E-state index < -0.39 is 17.9 Å². The minimum Gasteiger partial charge on any atom is -0.467 e. The summed E-state index contributed by atoms with van der Waals surface area (Å²) in [5, 5.41) is 5.60. The number of carbonyl (C=O) groups excluding carboxylic acids is 1. The van der Waals surface area contributed by atoms with Crippen molar-refractivity contribution in [2.24, 2.45) is 0 Å². The zero-order valence-electron chi connectivity index (χ0n) is 26.0. The van der Waals surface area contributed by atoms with Gasteiger partial charge in [0.2, 0.25) is 0 Å². The van der Waals surface area contributed by atoms with E-state index in [1.54, 1.807) is 18.0 Å². The van der Waals surface area contributed by atoms with Gasteiger partial charge in [-0.05, 0) is 75.8 Å². The lowest BCUT2D eigenvalue weighted by molar-refractivity contribution is -0.0215. The molecule has 232 valence electrons. The first-order valence-electron chi connectivity index (χ1n) is 15.3. The van der Waals surface area contributed by atoms with Gasteiger partial charge in [-0.1, -0.05) is 30.3 Å². The number of aryl methyl sites for hydroxylation is 1. The summed E-state index contributed by atoms with van der Waals surface area (Å²) >= 11 is 0. The molecule has 2 aromatic heterocycles. The van der Waals surface area contributed by atoms with Crippen LogP contribution in [0.5, 0.6) is 6.01 Å². The Morgan fingerprint density at radius 1 is 1.09 bits per heavy atom. The van der Waals surface area contributed by atoms with Gasteiger partial charge in [0.1, 0.15) is 11.8 Å². The normalized spacial score (nSPS) is 22.1. The van der Waals surface area contributed by atoms with Gasteiger partial charge in [0, 0.05) is 29.8 Å². The lowest BCUT2D eigenvalue weighted by Crippen LogP contribution is -2.46. The van der Waals surface area contributed by atoms with Crippen LogP contribution in [0.3, 0.4) is 0 Å². The monoisotopic (exact) mass is 601 g/mol. The molecule has 10 heteroatoms. The summed E-state index contributed by atoms with van der Waals surface area (Å²) in [7, 11) is 1.56. The van der Waals surface area contributed by atoms with Gasteiger partial charge in [-0.25, -0.2) is 13.9 Å². The molecule has 2 aliphatic rings. The van der Waals surface area contributed by atoms with Crippen LogP contribution in [0.25, 0.3) is 16.7 Å². The molecule has 1 amide bonds. The number of hydrogen-bond donors (Lipinski definition) is 0. The van der Waals surface area contributed by atoms with Crippen molar-refractivity contribution >= 4 is 17.0 Å². The first kappa shape index (κ1) is 30.0. The van der Waals surface area contributed by atoms with Crippen molar-refractivity contribution in [3.8, 4) is 11.8 Å². The van der Waals surface area contributed by atoms with Gasteiger partial charge in [-0.3, -0.25) is 0 Å². The van der Waals surface area contributed by atoms with Gasteiger partial charge in [0.05, 0.1) is 43.8 Å². The van der Waals surface area contributed by atoms with E-state index in [0.29, 0.717) is 25.4 Å². The number of piperidine rings is 1. The zero-order valence-corrected chi connectivity index (χ0v) is 26.0. The van der Waals surface area contributed by atoms with Crippen molar-refractivity contribution in [2.75, 3.05) is 20.2 Å². The standard InChI is InChI=1S/C34H40FN5O4/c1-21-13-24-18-36-40(30(24)16-27(21)26-11-12-39(19-28(26)35)33(41)44-34(2,3)4)31-17-29(37-32(38-31)42-5)23-14-25(15-23)43-20-22-9-7-6-8-10-22/h6-10,13,16-18,23,25-26,28H,11-12,14-15,19-20H2,1-5H3. The number of benzene rings is 2. The van der Waals surface area contributed by atoms with Crippen molar-refractivity contribution in [1.29, 1.82) is 0 Å². The predicted molar refractivity (Wildman–Crippen MR) is 165 cm³/mol. The Kier molecular flexibility index (Phi) is 8.28. The molecule has 1 aliphatic carbocycles. The molecule has 0 spiro atoms. The molecule has 1 aliphatic heterocycles. The number of alkyl halides is 1. The highest BCUT2D eigenvalue weighted by Gasteiger charge is 2.36. The van der Waals surface area contributed by atoms with Crippen molar-refractivity contribution in [2.45, 2.75) is 83.3 Å². The summed E-state index contributed by atoms with van der Waals surface area (Å²) in [6, 6.07) is 16.5. The maximum atomic E-state index is 15.7. The van der Waals surface area contributed by atoms with Gasteiger partial charge in [-0.2, -0.15) is 15.1 Å². The summed E-state index contributed by atoms with van der Waals surface area (Å²) in [5.74, 6) is 0.482. The Morgan fingerprint density at radius 2 is 1.86 bits per heavy atom. The fourth-order valence-corrected chi connectivity index (χ4v) is 6.10. The topological polar surface area (TPSA) is 91.6 Å². The van der Waals surface area contributed by atoms with Crippen molar-refractivity contribution in [3.63, 3.8) is 0 Å². The Bertz CT molecular complexity index is 1630. The first-order valence-corrected chi connectivity index (χ1v) is 15.3. The molecule has 2 atom stereocenters. The van der Waals surface area contributed by atoms with E-state index in [2.05, 4.69) is 27.2 Å². The summed E-state index contributed by atoms with van der Waals surface area (Å²) in [6.45, 7) is 8.46. The van der Waals surface area contributed by atoms with Crippen LogP contribution in [-0.2, 0) is 16.1 Å². The second-order valence-corrected chi connectivity index (χ2v) is 12.9. The average molecular weight is 602 g/mol. The van der Waals surface area contributed by atoms with E-state index >= 15 is 4.39 Å². The van der Waals surface area contributed by atoms with Crippen molar-refractivity contribution < 1.29 is 23.4 Å². The number of halogens is 1. The number of amides is 1. The van der Waals surface area contributed by atoms with E-state index in [4.69, 9.17) is 14.2 Å². The van der Waals surface area contributed by atoms with Crippen LogP contribution in [0, 0.1) is 6.92 Å². The Morgan fingerprint density at radius 3 is 2.57 bits per heavy atom. The third kappa shape index (κ3) is 6.40. The third-order valence-electron chi connectivity index (χ3n) is 8.50. The molecular weight excluding hydrogens is 561 g/mol. The van der Waals surface area contributed by atoms with Gasteiger partial charge < -0.3 is 19.1 Å². The minimum atomic E-state index is -1.22. The smallest absolute Gasteiger partial charge is 0.410 e.